The molecule has 2 heterocycles. The van der Waals surface area contributed by atoms with Crippen molar-refractivity contribution in [2.75, 3.05) is 38.1 Å². The van der Waals surface area contributed by atoms with Gasteiger partial charge in [0.2, 0.25) is 11.8 Å². The van der Waals surface area contributed by atoms with E-state index in [2.05, 4.69) is 10.3 Å². The summed E-state index contributed by atoms with van der Waals surface area (Å²) in [5.41, 5.74) is 0.320. The second-order valence-corrected chi connectivity index (χ2v) is 6.30. The lowest BCUT2D eigenvalue weighted by molar-refractivity contribution is -0.149. The Kier molecular flexibility index (Phi) is 7.54. The van der Waals surface area contributed by atoms with Crippen molar-refractivity contribution in [2.24, 2.45) is 0 Å². The van der Waals surface area contributed by atoms with E-state index in [9.17, 15) is 19.2 Å². The summed E-state index contributed by atoms with van der Waals surface area (Å²) in [7, 11) is 0. The second-order valence-electron chi connectivity index (χ2n) is 5.94. The fraction of sp³-hybridized carbons (Fsp3) is 0.471. The number of piperazine rings is 1. The first-order valence-electron chi connectivity index (χ1n) is 8.46. The van der Waals surface area contributed by atoms with Gasteiger partial charge in [-0.25, -0.2) is 4.98 Å². The molecule has 1 N–H and O–H groups in total. The van der Waals surface area contributed by atoms with E-state index in [-0.39, 0.29) is 29.8 Å². The standard InChI is InChI=1S/C17H21ClN4O5/c1-12(23)21-7-9-22(10-8-21)15(25)4-5-16(26)27-11-14(24)20-13-3-2-6-19-17(13)18/h2-3,6H,4-5,7-11H2,1H3,(H,20,24). The van der Waals surface area contributed by atoms with Gasteiger partial charge in [-0.1, -0.05) is 11.6 Å². The van der Waals surface area contributed by atoms with Crippen LogP contribution >= 0.6 is 11.6 Å². The van der Waals surface area contributed by atoms with E-state index in [0.717, 1.165) is 0 Å². The molecule has 0 aliphatic carbocycles. The highest BCUT2D eigenvalue weighted by Crippen LogP contribution is 2.17. The largest absolute Gasteiger partial charge is 0.456 e. The fourth-order valence-corrected chi connectivity index (χ4v) is 2.69. The van der Waals surface area contributed by atoms with Gasteiger partial charge in [-0.05, 0) is 12.1 Å². The minimum Gasteiger partial charge on any atom is -0.456 e. The van der Waals surface area contributed by atoms with Crippen LogP contribution in [0.5, 0.6) is 0 Å². The highest BCUT2D eigenvalue weighted by Gasteiger charge is 2.22. The third kappa shape index (κ3) is 6.52. The molecule has 9 nitrogen and oxygen atoms in total. The van der Waals surface area contributed by atoms with Crippen molar-refractivity contribution in [3.05, 3.63) is 23.5 Å². The third-order valence-corrected chi connectivity index (χ3v) is 4.32. The van der Waals surface area contributed by atoms with Crippen molar-refractivity contribution in [2.45, 2.75) is 19.8 Å². The summed E-state index contributed by atoms with van der Waals surface area (Å²) in [6, 6.07) is 3.18. The van der Waals surface area contributed by atoms with E-state index in [4.69, 9.17) is 16.3 Å². The van der Waals surface area contributed by atoms with Crippen LogP contribution in [0.25, 0.3) is 0 Å². The molecule has 0 spiro atoms. The first kappa shape index (κ1) is 20.6. The van der Waals surface area contributed by atoms with Gasteiger partial charge in [0.15, 0.2) is 11.8 Å². The molecule has 27 heavy (non-hydrogen) atoms. The molecular weight excluding hydrogens is 376 g/mol. The molecule has 10 heteroatoms. The number of nitrogens with one attached hydrogen (secondary N) is 1. The van der Waals surface area contributed by atoms with Crippen molar-refractivity contribution in [3.63, 3.8) is 0 Å². The summed E-state index contributed by atoms with van der Waals surface area (Å²) in [5.74, 6) is -1.39. The first-order chi connectivity index (χ1) is 12.9. The Labute approximate surface area is 161 Å². The number of hydrogen-bond donors (Lipinski definition) is 1. The maximum Gasteiger partial charge on any atom is 0.306 e. The molecule has 146 valence electrons. The highest BCUT2D eigenvalue weighted by atomic mass is 35.5. The Morgan fingerprint density at radius 2 is 1.81 bits per heavy atom. The lowest BCUT2D eigenvalue weighted by atomic mass is 10.2. The maximum absolute atomic E-state index is 12.1. The van der Waals surface area contributed by atoms with Crippen molar-refractivity contribution in [1.82, 2.24) is 14.8 Å². The lowest BCUT2D eigenvalue weighted by Crippen LogP contribution is -2.50. The summed E-state index contributed by atoms with van der Waals surface area (Å²) in [5, 5.41) is 2.61. The van der Waals surface area contributed by atoms with Crippen LogP contribution in [0.1, 0.15) is 19.8 Å². The molecular formula is C17H21ClN4O5. The van der Waals surface area contributed by atoms with Crippen molar-refractivity contribution in [1.29, 1.82) is 0 Å². The lowest BCUT2D eigenvalue weighted by Gasteiger charge is -2.34. The molecule has 1 aromatic rings. The molecule has 1 fully saturated rings. The summed E-state index contributed by atoms with van der Waals surface area (Å²) < 4.78 is 4.86. The molecule has 0 aromatic carbocycles. The van der Waals surface area contributed by atoms with E-state index >= 15 is 0 Å². The quantitative estimate of drug-likeness (QED) is 0.559. The summed E-state index contributed by atoms with van der Waals surface area (Å²) in [6.07, 6.45) is 1.36. The number of rotatable bonds is 6. The van der Waals surface area contributed by atoms with Crippen LogP contribution in [0, 0.1) is 0 Å². The number of hydrogen-bond acceptors (Lipinski definition) is 6. The van der Waals surface area contributed by atoms with Gasteiger partial charge in [-0.3, -0.25) is 19.2 Å². The molecule has 0 bridgehead atoms. The number of carbonyl (C=O) groups excluding carboxylic acids is 4. The highest BCUT2D eigenvalue weighted by molar-refractivity contribution is 6.32. The normalized spacial score (nSPS) is 13.9. The Morgan fingerprint density at radius 1 is 1.15 bits per heavy atom. The van der Waals surface area contributed by atoms with Crippen molar-refractivity contribution < 1.29 is 23.9 Å². The zero-order valence-electron chi connectivity index (χ0n) is 14.9. The van der Waals surface area contributed by atoms with Crippen LogP contribution in [0.15, 0.2) is 18.3 Å². The van der Waals surface area contributed by atoms with Crippen LogP contribution in [0.4, 0.5) is 5.69 Å². The topological polar surface area (TPSA) is 109 Å². The average molecular weight is 397 g/mol. The summed E-state index contributed by atoms with van der Waals surface area (Å²) in [6.45, 7) is 2.89. The zero-order valence-corrected chi connectivity index (χ0v) is 15.7. The first-order valence-corrected chi connectivity index (χ1v) is 8.84. The SMILES string of the molecule is CC(=O)N1CCN(C(=O)CCC(=O)OCC(=O)Nc2cccnc2Cl)CC1. The van der Waals surface area contributed by atoms with E-state index in [1.807, 2.05) is 0 Å². The molecule has 2 rings (SSSR count). The van der Waals surface area contributed by atoms with Gasteiger partial charge in [0.25, 0.3) is 5.91 Å². The molecule has 0 atom stereocenters. The third-order valence-electron chi connectivity index (χ3n) is 4.02. The van der Waals surface area contributed by atoms with E-state index in [1.54, 1.807) is 21.9 Å². The molecule has 0 saturated carbocycles. The van der Waals surface area contributed by atoms with E-state index in [0.29, 0.717) is 31.9 Å². The minimum atomic E-state index is -0.641. The van der Waals surface area contributed by atoms with Gasteiger partial charge >= 0.3 is 5.97 Å². The van der Waals surface area contributed by atoms with Gasteiger partial charge < -0.3 is 19.9 Å². The number of aromatic nitrogens is 1. The number of nitrogens with zero attached hydrogens (tertiary/aromatic N) is 3. The van der Waals surface area contributed by atoms with E-state index in [1.165, 1.54) is 13.1 Å². The summed E-state index contributed by atoms with van der Waals surface area (Å²) >= 11 is 5.82. The number of amides is 3. The average Bonchev–Trinajstić information content (AvgIpc) is 2.66. The Bertz CT molecular complexity index is 719. The predicted octanol–water partition coefficient (Wildman–Crippen LogP) is 0.688. The molecule has 1 aromatic heterocycles. The van der Waals surface area contributed by atoms with Gasteiger partial charge in [-0.2, -0.15) is 0 Å². The molecule has 1 aliphatic heterocycles. The number of anilines is 1. The number of halogens is 1. The Morgan fingerprint density at radius 3 is 2.44 bits per heavy atom. The Hall–Kier alpha value is -2.68. The molecule has 3 amide bonds. The molecule has 1 aliphatic rings. The van der Waals surface area contributed by atoms with E-state index < -0.39 is 18.5 Å². The van der Waals surface area contributed by atoms with Gasteiger partial charge in [0.05, 0.1) is 12.1 Å². The number of esters is 1. The van der Waals surface area contributed by atoms with Crippen LogP contribution < -0.4 is 5.32 Å². The fourth-order valence-electron chi connectivity index (χ4n) is 2.52. The van der Waals surface area contributed by atoms with Crippen molar-refractivity contribution >= 4 is 41.0 Å². The number of ether oxygens (including phenoxy) is 1. The number of carbonyl (C=O) groups is 4. The van der Waals surface area contributed by atoms with Crippen LogP contribution in [0.2, 0.25) is 5.15 Å². The molecule has 1 saturated heterocycles. The van der Waals surface area contributed by atoms with Crippen LogP contribution in [-0.4, -0.2) is 71.3 Å². The van der Waals surface area contributed by atoms with Crippen LogP contribution in [-0.2, 0) is 23.9 Å². The van der Waals surface area contributed by atoms with Gasteiger partial charge in [-0.15, -0.1) is 0 Å². The molecule has 0 radical (unpaired) electrons. The zero-order chi connectivity index (χ0) is 19.8. The molecule has 0 unspecified atom stereocenters. The number of pyridine rings is 1. The maximum atomic E-state index is 12.1. The second kappa shape index (κ2) is 9.86. The minimum absolute atomic E-state index is 0.00500. The summed E-state index contributed by atoms with van der Waals surface area (Å²) in [4.78, 5) is 54.0. The monoisotopic (exact) mass is 396 g/mol. The van der Waals surface area contributed by atoms with Crippen LogP contribution in [0.3, 0.4) is 0 Å². The predicted molar refractivity (Wildman–Crippen MR) is 96.9 cm³/mol. The van der Waals surface area contributed by atoms with Gasteiger partial charge in [0, 0.05) is 45.7 Å². The smallest absolute Gasteiger partial charge is 0.306 e. The van der Waals surface area contributed by atoms with Crippen molar-refractivity contribution in [3.8, 4) is 0 Å². The Balaban J connectivity index is 1.66. The van der Waals surface area contributed by atoms with Gasteiger partial charge in [0.1, 0.15) is 0 Å².